The Morgan fingerprint density at radius 3 is 2.62 bits per heavy atom. The van der Waals surface area contributed by atoms with Crippen LogP contribution in [0.4, 0.5) is 5.69 Å². The number of fused-ring (bicyclic) bond motifs is 1. The Morgan fingerprint density at radius 1 is 1.17 bits per heavy atom. The van der Waals surface area contributed by atoms with E-state index in [2.05, 4.69) is 65.8 Å². The van der Waals surface area contributed by atoms with Crippen LogP contribution in [-0.2, 0) is 6.54 Å². The van der Waals surface area contributed by atoms with E-state index in [1.165, 1.54) is 16.7 Å². The van der Waals surface area contributed by atoms with Gasteiger partial charge < -0.3 is 15.3 Å². The zero-order valence-electron chi connectivity index (χ0n) is 14.9. The fourth-order valence-electron chi connectivity index (χ4n) is 3.50. The molecule has 1 unspecified atom stereocenters. The minimum absolute atomic E-state index is 0.108. The van der Waals surface area contributed by atoms with Gasteiger partial charge in [-0.1, -0.05) is 36.4 Å². The van der Waals surface area contributed by atoms with E-state index in [1.807, 2.05) is 13.8 Å². The number of hydrogen-bond donors (Lipinski definition) is 2. The summed E-state index contributed by atoms with van der Waals surface area (Å²) in [5, 5.41) is 12.9. The lowest BCUT2D eigenvalue weighted by molar-refractivity contribution is 0.234. The number of anilines is 1. The number of benzene rings is 2. The molecule has 1 aliphatic heterocycles. The van der Waals surface area contributed by atoms with Gasteiger partial charge in [0, 0.05) is 18.2 Å². The van der Waals surface area contributed by atoms with Gasteiger partial charge in [0.1, 0.15) is 0 Å². The van der Waals surface area contributed by atoms with Gasteiger partial charge in [-0.25, -0.2) is 0 Å². The van der Waals surface area contributed by atoms with Crippen LogP contribution in [0, 0.1) is 0 Å². The Bertz CT molecular complexity index is 681. The van der Waals surface area contributed by atoms with Crippen LogP contribution in [0.5, 0.6) is 0 Å². The molecule has 0 saturated carbocycles. The molecule has 24 heavy (non-hydrogen) atoms. The minimum atomic E-state index is -0.316. The zero-order valence-corrected chi connectivity index (χ0v) is 14.9. The molecule has 2 N–H and O–H groups in total. The SMILES string of the molecule is CN1CCC(c2ccccc2)c2ccc(NC(C)(C)CO)cc2C1. The predicted octanol–water partition coefficient (Wildman–Crippen LogP) is 3.84. The number of rotatable bonds is 4. The topological polar surface area (TPSA) is 35.5 Å². The van der Waals surface area contributed by atoms with Crippen molar-refractivity contribution in [3.05, 3.63) is 65.2 Å². The van der Waals surface area contributed by atoms with Crippen molar-refractivity contribution in [1.82, 2.24) is 4.90 Å². The van der Waals surface area contributed by atoms with E-state index in [0.29, 0.717) is 5.92 Å². The molecule has 0 spiro atoms. The van der Waals surface area contributed by atoms with E-state index in [4.69, 9.17) is 0 Å². The van der Waals surface area contributed by atoms with Crippen LogP contribution in [-0.4, -0.2) is 35.7 Å². The molecule has 1 aliphatic rings. The Balaban J connectivity index is 1.97. The second-order valence-electron chi connectivity index (χ2n) is 7.57. The van der Waals surface area contributed by atoms with Gasteiger partial charge in [-0.2, -0.15) is 0 Å². The molecule has 2 aromatic carbocycles. The molecule has 2 aromatic rings. The van der Waals surface area contributed by atoms with Gasteiger partial charge in [-0.05, 0) is 62.7 Å². The third kappa shape index (κ3) is 3.80. The average molecular weight is 324 g/mol. The van der Waals surface area contributed by atoms with Crippen molar-refractivity contribution in [3.8, 4) is 0 Å². The fraction of sp³-hybridized carbons (Fsp3) is 0.429. The van der Waals surface area contributed by atoms with Gasteiger partial charge >= 0.3 is 0 Å². The Kier molecular flexibility index (Phi) is 4.93. The molecule has 1 atom stereocenters. The molecule has 0 saturated heterocycles. The molecule has 0 amide bonds. The lowest BCUT2D eigenvalue weighted by atomic mass is 9.86. The summed E-state index contributed by atoms with van der Waals surface area (Å²) < 4.78 is 0. The average Bonchev–Trinajstić information content (AvgIpc) is 2.73. The lowest BCUT2D eigenvalue weighted by Gasteiger charge is -2.26. The molecule has 3 nitrogen and oxygen atoms in total. The van der Waals surface area contributed by atoms with Crippen LogP contribution < -0.4 is 5.32 Å². The molecule has 0 aliphatic carbocycles. The Labute approximate surface area is 145 Å². The van der Waals surface area contributed by atoms with E-state index in [-0.39, 0.29) is 12.1 Å². The second kappa shape index (κ2) is 6.96. The maximum Gasteiger partial charge on any atom is 0.0656 e. The predicted molar refractivity (Wildman–Crippen MR) is 100 cm³/mol. The number of nitrogens with zero attached hydrogens (tertiary/aromatic N) is 1. The van der Waals surface area contributed by atoms with Crippen molar-refractivity contribution in [3.63, 3.8) is 0 Å². The highest BCUT2D eigenvalue weighted by Crippen LogP contribution is 2.35. The summed E-state index contributed by atoms with van der Waals surface area (Å²) in [5.74, 6) is 0.450. The number of nitrogens with one attached hydrogen (secondary N) is 1. The third-order valence-electron chi connectivity index (χ3n) is 4.84. The first-order valence-electron chi connectivity index (χ1n) is 8.74. The molecule has 0 bridgehead atoms. The summed E-state index contributed by atoms with van der Waals surface area (Å²) in [4.78, 5) is 2.39. The van der Waals surface area contributed by atoms with Crippen molar-refractivity contribution in [2.24, 2.45) is 0 Å². The third-order valence-corrected chi connectivity index (χ3v) is 4.84. The summed E-state index contributed by atoms with van der Waals surface area (Å²) in [7, 11) is 2.19. The van der Waals surface area contributed by atoms with Crippen molar-refractivity contribution < 1.29 is 5.11 Å². The first kappa shape index (κ1) is 17.0. The van der Waals surface area contributed by atoms with Crippen molar-refractivity contribution in [2.45, 2.75) is 38.3 Å². The summed E-state index contributed by atoms with van der Waals surface area (Å²) >= 11 is 0. The molecular weight excluding hydrogens is 296 g/mol. The van der Waals surface area contributed by atoms with E-state index < -0.39 is 0 Å². The first-order valence-corrected chi connectivity index (χ1v) is 8.74. The molecule has 0 fully saturated rings. The smallest absolute Gasteiger partial charge is 0.0656 e. The molecular formula is C21H28N2O. The van der Waals surface area contributed by atoms with Crippen molar-refractivity contribution >= 4 is 5.69 Å². The van der Waals surface area contributed by atoms with Crippen LogP contribution in [0.2, 0.25) is 0 Å². The van der Waals surface area contributed by atoms with Crippen LogP contribution in [0.1, 0.15) is 42.9 Å². The summed E-state index contributed by atoms with van der Waals surface area (Å²) in [6.45, 7) is 6.19. The zero-order chi connectivity index (χ0) is 17.2. The number of aliphatic hydroxyl groups excluding tert-OH is 1. The van der Waals surface area contributed by atoms with E-state index >= 15 is 0 Å². The summed E-state index contributed by atoms with van der Waals surface area (Å²) in [6.07, 6.45) is 1.14. The Hall–Kier alpha value is -1.84. The monoisotopic (exact) mass is 324 g/mol. The molecule has 128 valence electrons. The fourth-order valence-corrected chi connectivity index (χ4v) is 3.50. The van der Waals surface area contributed by atoms with Crippen molar-refractivity contribution in [2.75, 3.05) is 25.5 Å². The van der Waals surface area contributed by atoms with Crippen LogP contribution >= 0.6 is 0 Å². The highest BCUT2D eigenvalue weighted by atomic mass is 16.3. The van der Waals surface area contributed by atoms with E-state index in [9.17, 15) is 5.11 Å². The van der Waals surface area contributed by atoms with E-state index in [0.717, 1.165) is 25.2 Å². The van der Waals surface area contributed by atoms with Gasteiger partial charge in [0.15, 0.2) is 0 Å². The van der Waals surface area contributed by atoms with Gasteiger partial charge in [-0.3, -0.25) is 0 Å². The molecule has 3 rings (SSSR count). The number of aliphatic hydroxyl groups is 1. The van der Waals surface area contributed by atoms with Gasteiger partial charge in [0.2, 0.25) is 0 Å². The normalized spacial score (nSPS) is 18.8. The molecule has 0 radical (unpaired) electrons. The maximum atomic E-state index is 9.50. The highest BCUT2D eigenvalue weighted by molar-refractivity contribution is 5.53. The molecule has 3 heteroatoms. The van der Waals surface area contributed by atoms with Gasteiger partial charge in [0.25, 0.3) is 0 Å². The number of hydrogen-bond acceptors (Lipinski definition) is 3. The summed E-state index contributed by atoms with van der Waals surface area (Å²) in [5.41, 5.74) is 4.96. The van der Waals surface area contributed by atoms with Crippen LogP contribution in [0.25, 0.3) is 0 Å². The standard InChI is InChI=1S/C21H28N2O/c1-21(2,15-24)22-18-9-10-19-17(13-18)14-23(3)12-11-20(19)16-7-5-4-6-8-16/h4-10,13,20,22,24H,11-12,14-15H2,1-3H3. The van der Waals surface area contributed by atoms with Crippen LogP contribution in [0.3, 0.4) is 0 Å². The van der Waals surface area contributed by atoms with Gasteiger partial charge in [0.05, 0.1) is 12.1 Å². The molecule has 1 heterocycles. The lowest BCUT2D eigenvalue weighted by Crippen LogP contribution is -2.34. The molecule has 0 aromatic heterocycles. The van der Waals surface area contributed by atoms with E-state index in [1.54, 1.807) is 0 Å². The summed E-state index contributed by atoms with van der Waals surface area (Å²) in [6, 6.07) is 17.5. The maximum absolute atomic E-state index is 9.50. The van der Waals surface area contributed by atoms with Crippen LogP contribution in [0.15, 0.2) is 48.5 Å². The highest BCUT2D eigenvalue weighted by Gasteiger charge is 2.23. The first-order chi connectivity index (χ1) is 11.5. The Morgan fingerprint density at radius 2 is 1.92 bits per heavy atom. The second-order valence-corrected chi connectivity index (χ2v) is 7.57. The van der Waals surface area contributed by atoms with Crippen molar-refractivity contribution in [1.29, 1.82) is 0 Å². The van der Waals surface area contributed by atoms with Gasteiger partial charge in [-0.15, -0.1) is 0 Å². The largest absolute Gasteiger partial charge is 0.394 e. The minimum Gasteiger partial charge on any atom is -0.394 e. The quantitative estimate of drug-likeness (QED) is 0.897.